The smallest absolute Gasteiger partial charge is 0.192 e. The van der Waals surface area contributed by atoms with Crippen molar-refractivity contribution in [2.45, 2.75) is 17.1 Å². The van der Waals surface area contributed by atoms with Crippen molar-refractivity contribution in [2.24, 2.45) is 12.9 Å². The summed E-state index contributed by atoms with van der Waals surface area (Å²) in [5.41, 5.74) is 2.50. The number of hydrogen-bond acceptors (Lipinski definition) is 7. The summed E-state index contributed by atoms with van der Waals surface area (Å²) in [5.74, 6) is 6.54. The van der Waals surface area contributed by atoms with Crippen LogP contribution < -0.4 is 11.3 Å². The largest absolute Gasteiger partial charge is 0.308 e. The minimum atomic E-state index is 0.581. The van der Waals surface area contributed by atoms with E-state index in [1.807, 2.05) is 14.0 Å². The summed E-state index contributed by atoms with van der Waals surface area (Å²) in [6.07, 6.45) is 1.50. The Morgan fingerprint density at radius 1 is 1.44 bits per heavy atom. The van der Waals surface area contributed by atoms with Gasteiger partial charge in [0.05, 0.1) is 0 Å². The van der Waals surface area contributed by atoms with Crippen LogP contribution in [0.3, 0.4) is 0 Å². The molecule has 0 spiro atoms. The molecular weight excluding hydrogens is 226 g/mol. The lowest BCUT2D eigenvalue weighted by Crippen LogP contribution is -2.09. The van der Waals surface area contributed by atoms with Gasteiger partial charge < -0.3 is 5.43 Å². The maximum Gasteiger partial charge on any atom is 0.192 e. The van der Waals surface area contributed by atoms with Crippen LogP contribution in [0.5, 0.6) is 0 Å². The summed E-state index contributed by atoms with van der Waals surface area (Å²) in [7, 11) is 1.82. The van der Waals surface area contributed by atoms with Crippen molar-refractivity contribution in [3.05, 3.63) is 18.2 Å². The van der Waals surface area contributed by atoms with Crippen molar-refractivity contribution in [3.63, 3.8) is 0 Å². The third-order valence-electron chi connectivity index (χ3n) is 1.83. The molecule has 3 N–H and O–H groups in total. The Morgan fingerprint density at radius 2 is 2.25 bits per heavy atom. The number of nitrogen functional groups attached to an aromatic ring is 1. The molecule has 0 atom stereocenters. The third kappa shape index (κ3) is 2.28. The summed E-state index contributed by atoms with van der Waals surface area (Å²) in [6, 6.07) is 1.76. The second-order valence-electron chi connectivity index (χ2n) is 3.05. The van der Waals surface area contributed by atoms with Gasteiger partial charge in [0.15, 0.2) is 5.16 Å². The molecule has 7 nitrogen and oxygen atoms in total. The van der Waals surface area contributed by atoms with Gasteiger partial charge in [-0.25, -0.2) is 25.5 Å². The summed E-state index contributed by atoms with van der Waals surface area (Å²) in [6.45, 7) is 1.81. The predicted octanol–water partition coefficient (Wildman–Crippen LogP) is 0.350. The second-order valence-corrected chi connectivity index (χ2v) is 4.04. The molecule has 0 amide bonds. The van der Waals surface area contributed by atoms with E-state index in [1.54, 1.807) is 10.7 Å². The van der Waals surface area contributed by atoms with Gasteiger partial charge in [0.1, 0.15) is 23.0 Å². The quantitative estimate of drug-likeness (QED) is 0.452. The number of nitrogens with one attached hydrogen (secondary N) is 1. The van der Waals surface area contributed by atoms with E-state index in [9.17, 15) is 0 Å². The number of anilines is 1. The molecule has 0 aromatic carbocycles. The van der Waals surface area contributed by atoms with Crippen molar-refractivity contribution in [3.8, 4) is 0 Å². The molecule has 0 unspecified atom stereocenters. The van der Waals surface area contributed by atoms with E-state index < -0.39 is 0 Å². The first-order chi connectivity index (χ1) is 7.69. The summed E-state index contributed by atoms with van der Waals surface area (Å²) in [4.78, 5) is 12.5. The molecule has 8 heteroatoms. The van der Waals surface area contributed by atoms with Crippen LogP contribution in [0, 0.1) is 6.92 Å². The van der Waals surface area contributed by atoms with Gasteiger partial charge in [-0.05, 0) is 18.7 Å². The Kier molecular flexibility index (Phi) is 3.02. The zero-order chi connectivity index (χ0) is 11.5. The zero-order valence-electron chi connectivity index (χ0n) is 8.88. The number of hydrogen-bond donors (Lipinski definition) is 2. The predicted molar refractivity (Wildman–Crippen MR) is 59.7 cm³/mol. The highest BCUT2D eigenvalue weighted by molar-refractivity contribution is 7.99. The van der Waals surface area contributed by atoms with Crippen LogP contribution in [0.15, 0.2) is 22.6 Å². The lowest BCUT2D eigenvalue weighted by molar-refractivity contribution is 0.684. The zero-order valence-corrected chi connectivity index (χ0v) is 9.69. The Bertz CT molecular complexity index is 495. The fourth-order valence-electron chi connectivity index (χ4n) is 1.14. The van der Waals surface area contributed by atoms with Gasteiger partial charge in [-0.2, -0.15) is 5.10 Å². The molecule has 0 fully saturated rings. The minimum Gasteiger partial charge on any atom is -0.308 e. The van der Waals surface area contributed by atoms with E-state index in [0.717, 1.165) is 10.2 Å². The fourth-order valence-corrected chi connectivity index (χ4v) is 1.95. The first kappa shape index (κ1) is 10.8. The van der Waals surface area contributed by atoms with E-state index in [-0.39, 0.29) is 0 Å². The first-order valence-electron chi connectivity index (χ1n) is 4.53. The molecule has 84 valence electrons. The highest BCUT2D eigenvalue weighted by Crippen LogP contribution is 2.24. The van der Waals surface area contributed by atoms with Crippen molar-refractivity contribution in [1.29, 1.82) is 0 Å². The standard InChI is InChI=1S/C8H11N7S/c1-5-12-6(14-9)3-7(13-5)16-8-10-4-11-15(8)2/h3-4H,9H2,1-2H3,(H,12,13,14). The van der Waals surface area contributed by atoms with Gasteiger partial charge in [0.2, 0.25) is 0 Å². The van der Waals surface area contributed by atoms with Crippen molar-refractivity contribution < 1.29 is 0 Å². The average molecular weight is 237 g/mol. The molecule has 16 heavy (non-hydrogen) atoms. The van der Waals surface area contributed by atoms with Crippen LogP contribution in [-0.2, 0) is 7.05 Å². The van der Waals surface area contributed by atoms with E-state index in [0.29, 0.717) is 11.6 Å². The second kappa shape index (κ2) is 4.45. The number of hydrazine groups is 1. The van der Waals surface area contributed by atoms with Crippen LogP contribution >= 0.6 is 11.8 Å². The highest BCUT2D eigenvalue weighted by atomic mass is 32.2. The van der Waals surface area contributed by atoms with Crippen LogP contribution in [-0.4, -0.2) is 24.7 Å². The minimum absolute atomic E-state index is 0.581. The van der Waals surface area contributed by atoms with Crippen LogP contribution in [0.2, 0.25) is 0 Å². The maximum atomic E-state index is 5.31. The Morgan fingerprint density at radius 3 is 2.88 bits per heavy atom. The molecule has 0 saturated carbocycles. The summed E-state index contributed by atoms with van der Waals surface area (Å²) in [5, 5.41) is 5.52. The SMILES string of the molecule is Cc1nc(NN)cc(Sc2ncnn2C)n1. The normalized spacial score (nSPS) is 10.4. The average Bonchev–Trinajstić information content (AvgIpc) is 2.63. The van der Waals surface area contributed by atoms with E-state index >= 15 is 0 Å². The molecule has 0 saturated heterocycles. The molecule has 2 heterocycles. The van der Waals surface area contributed by atoms with Gasteiger partial charge >= 0.3 is 0 Å². The molecule has 0 aliphatic carbocycles. The van der Waals surface area contributed by atoms with Gasteiger partial charge in [-0.15, -0.1) is 0 Å². The van der Waals surface area contributed by atoms with Crippen molar-refractivity contribution in [1.82, 2.24) is 24.7 Å². The van der Waals surface area contributed by atoms with Gasteiger partial charge in [-0.1, -0.05) is 0 Å². The molecule has 2 aromatic heterocycles. The lowest BCUT2D eigenvalue weighted by Gasteiger charge is -2.04. The molecule has 2 rings (SSSR count). The molecule has 0 aliphatic rings. The molecule has 0 bridgehead atoms. The monoisotopic (exact) mass is 237 g/mol. The number of aromatic nitrogens is 5. The summed E-state index contributed by atoms with van der Waals surface area (Å²) >= 11 is 1.41. The van der Waals surface area contributed by atoms with Crippen molar-refractivity contribution in [2.75, 3.05) is 5.43 Å². The van der Waals surface area contributed by atoms with Crippen molar-refractivity contribution >= 4 is 17.6 Å². The Hall–Kier alpha value is -1.67. The van der Waals surface area contributed by atoms with Gasteiger partial charge in [0.25, 0.3) is 0 Å². The molecule has 2 aromatic rings. The number of aryl methyl sites for hydroxylation is 2. The number of nitrogens with two attached hydrogens (primary N) is 1. The Labute approximate surface area is 96.5 Å². The van der Waals surface area contributed by atoms with E-state index in [2.05, 4.69) is 25.5 Å². The number of rotatable bonds is 3. The lowest BCUT2D eigenvalue weighted by atomic mass is 10.5. The van der Waals surface area contributed by atoms with Crippen LogP contribution in [0.25, 0.3) is 0 Å². The van der Waals surface area contributed by atoms with Gasteiger partial charge in [0, 0.05) is 13.1 Å². The van der Waals surface area contributed by atoms with E-state index in [1.165, 1.54) is 18.1 Å². The summed E-state index contributed by atoms with van der Waals surface area (Å²) < 4.78 is 1.68. The van der Waals surface area contributed by atoms with Crippen LogP contribution in [0.4, 0.5) is 5.82 Å². The number of nitrogens with zero attached hydrogens (tertiary/aromatic N) is 5. The Balaban J connectivity index is 2.28. The highest BCUT2D eigenvalue weighted by Gasteiger charge is 2.07. The molecule has 0 radical (unpaired) electrons. The topological polar surface area (TPSA) is 94.5 Å². The first-order valence-corrected chi connectivity index (χ1v) is 5.35. The molecular formula is C8H11N7S. The van der Waals surface area contributed by atoms with E-state index in [4.69, 9.17) is 5.84 Å². The third-order valence-corrected chi connectivity index (χ3v) is 2.80. The molecule has 0 aliphatic heterocycles. The maximum absolute atomic E-state index is 5.31. The van der Waals surface area contributed by atoms with Gasteiger partial charge in [-0.3, -0.25) is 0 Å². The fraction of sp³-hybridized carbons (Fsp3) is 0.250. The van der Waals surface area contributed by atoms with Crippen LogP contribution in [0.1, 0.15) is 5.82 Å².